The molecule has 0 unspecified atom stereocenters. The monoisotopic (exact) mass is 604 g/mol. The minimum Gasteiger partial charge on any atom is -0.382 e. The SMILES string of the molecule is CCCS(=O)(=O)Nc1ccc(F)c(C(=O)N[C@H]2CC[C@@H](Nc3cc(C(F)(F)F)nc4ccc(Cl)cc34)CC2)c1F. The van der Waals surface area contributed by atoms with Gasteiger partial charge in [-0.25, -0.2) is 22.2 Å². The molecule has 4 rings (SSSR count). The Morgan fingerprint density at radius 1 is 1.02 bits per heavy atom. The molecule has 0 saturated heterocycles. The normalized spacial score (nSPS) is 18.0. The summed E-state index contributed by atoms with van der Waals surface area (Å²) in [4.78, 5) is 16.5. The number of nitrogens with zero attached hydrogens (tertiary/aromatic N) is 1. The molecule has 216 valence electrons. The van der Waals surface area contributed by atoms with Crippen LogP contribution in [-0.2, 0) is 16.2 Å². The van der Waals surface area contributed by atoms with Gasteiger partial charge in [-0.1, -0.05) is 18.5 Å². The second-order valence-corrected chi connectivity index (χ2v) is 11.9. The fraction of sp³-hybridized carbons (Fsp3) is 0.385. The molecule has 1 aliphatic rings. The van der Waals surface area contributed by atoms with Gasteiger partial charge in [-0.15, -0.1) is 0 Å². The first-order valence-electron chi connectivity index (χ1n) is 12.5. The number of alkyl halides is 3. The molecule has 3 N–H and O–H groups in total. The molecule has 1 fully saturated rings. The smallest absolute Gasteiger partial charge is 0.382 e. The van der Waals surface area contributed by atoms with Crippen molar-refractivity contribution >= 4 is 49.8 Å². The molecule has 7 nitrogen and oxygen atoms in total. The zero-order valence-electron chi connectivity index (χ0n) is 21.2. The van der Waals surface area contributed by atoms with E-state index in [2.05, 4.69) is 15.6 Å². The number of hydrogen-bond donors (Lipinski definition) is 3. The van der Waals surface area contributed by atoms with Crippen LogP contribution in [0.15, 0.2) is 36.4 Å². The van der Waals surface area contributed by atoms with Crippen LogP contribution in [0, 0.1) is 11.6 Å². The number of hydrogen-bond acceptors (Lipinski definition) is 5. The highest BCUT2D eigenvalue weighted by Crippen LogP contribution is 2.35. The van der Waals surface area contributed by atoms with Crippen LogP contribution in [-0.4, -0.2) is 37.1 Å². The number of rotatable bonds is 8. The van der Waals surface area contributed by atoms with Gasteiger partial charge in [0.05, 0.1) is 17.0 Å². The van der Waals surface area contributed by atoms with E-state index in [0.717, 1.165) is 18.2 Å². The lowest BCUT2D eigenvalue weighted by Crippen LogP contribution is -2.40. The van der Waals surface area contributed by atoms with Crippen molar-refractivity contribution < 1.29 is 35.2 Å². The van der Waals surface area contributed by atoms with Crippen molar-refractivity contribution in [2.24, 2.45) is 0 Å². The van der Waals surface area contributed by atoms with Gasteiger partial charge in [-0.2, -0.15) is 13.2 Å². The fourth-order valence-corrected chi connectivity index (χ4v) is 5.95. The summed E-state index contributed by atoms with van der Waals surface area (Å²) in [5.74, 6) is -3.78. The first-order valence-corrected chi connectivity index (χ1v) is 14.5. The number of carbonyl (C=O) groups excluding carboxylic acids is 1. The van der Waals surface area contributed by atoms with Crippen LogP contribution in [0.2, 0.25) is 5.02 Å². The van der Waals surface area contributed by atoms with E-state index in [-0.39, 0.29) is 29.4 Å². The van der Waals surface area contributed by atoms with Crippen molar-refractivity contribution in [2.45, 2.75) is 57.3 Å². The Hall–Kier alpha value is -3.19. The molecule has 0 bridgehead atoms. The predicted molar refractivity (Wildman–Crippen MR) is 143 cm³/mol. The number of nitrogens with one attached hydrogen (secondary N) is 3. The van der Waals surface area contributed by atoms with E-state index in [1.807, 2.05) is 4.72 Å². The molecule has 14 heteroatoms. The molecule has 0 aliphatic heterocycles. The van der Waals surface area contributed by atoms with Crippen LogP contribution in [0.4, 0.5) is 33.3 Å². The summed E-state index contributed by atoms with van der Waals surface area (Å²) in [5, 5.41) is 6.48. The maximum Gasteiger partial charge on any atom is 0.433 e. The average Bonchev–Trinajstić information content (AvgIpc) is 2.86. The van der Waals surface area contributed by atoms with Crippen molar-refractivity contribution in [2.75, 3.05) is 15.8 Å². The average molecular weight is 605 g/mol. The molecule has 0 spiro atoms. The van der Waals surface area contributed by atoms with Crippen molar-refractivity contribution in [3.63, 3.8) is 0 Å². The Balaban J connectivity index is 1.44. The zero-order chi connectivity index (χ0) is 29.2. The van der Waals surface area contributed by atoms with Gasteiger partial charge >= 0.3 is 6.18 Å². The summed E-state index contributed by atoms with van der Waals surface area (Å²) >= 11 is 6.05. The molecular formula is C26H26ClF5N4O3S. The molecule has 0 radical (unpaired) electrons. The van der Waals surface area contributed by atoms with Gasteiger partial charge in [-0.05, 0) is 68.5 Å². The van der Waals surface area contributed by atoms with Gasteiger partial charge in [0.25, 0.3) is 5.91 Å². The summed E-state index contributed by atoms with van der Waals surface area (Å²) in [6.07, 6.45) is -2.73. The number of halogens is 6. The lowest BCUT2D eigenvalue weighted by molar-refractivity contribution is -0.140. The van der Waals surface area contributed by atoms with Gasteiger partial charge in [0.15, 0.2) is 5.82 Å². The topological polar surface area (TPSA) is 100 Å². The molecule has 1 aliphatic carbocycles. The van der Waals surface area contributed by atoms with Gasteiger partial charge in [0, 0.05) is 28.2 Å². The number of pyridine rings is 1. The number of amides is 1. The number of fused-ring (bicyclic) bond motifs is 1. The van der Waals surface area contributed by atoms with Crippen LogP contribution < -0.4 is 15.4 Å². The van der Waals surface area contributed by atoms with Crippen LogP contribution in [0.25, 0.3) is 10.9 Å². The van der Waals surface area contributed by atoms with E-state index in [1.165, 1.54) is 18.2 Å². The quantitative estimate of drug-likeness (QED) is 0.255. The highest BCUT2D eigenvalue weighted by atomic mass is 35.5. The van der Waals surface area contributed by atoms with E-state index in [9.17, 15) is 35.2 Å². The van der Waals surface area contributed by atoms with Crippen LogP contribution in [0.3, 0.4) is 0 Å². The number of sulfonamides is 1. The maximum atomic E-state index is 15.0. The molecule has 1 saturated carbocycles. The Morgan fingerprint density at radius 3 is 2.35 bits per heavy atom. The second kappa shape index (κ2) is 11.7. The molecule has 1 aromatic heterocycles. The van der Waals surface area contributed by atoms with Crippen molar-refractivity contribution in [1.29, 1.82) is 0 Å². The fourth-order valence-electron chi connectivity index (χ4n) is 4.65. The summed E-state index contributed by atoms with van der Waals surface area (Å²) in [5.41, 5.74) is -2.13. The van der Waals surface area contributed by atoms with E-state index < -0.39 is 56.7 Å². The second-order valence-electron chi connectivity index (χ2n) is 9.59. The molecule has 40 heavy (non-hydrogen) atoms. The molecule has 2 aromatic carbocycles. The summed E-state index contributed by atoms with van der Waals surface area (Å²) < 4.78 is 95.7. The standard InChI is InChI=1S/C26H26ClF5N4O3S/c1-2-11-40(38,39)36-20-10-8-18(28)23(24(20)29)25(37)34-16-6-4-15(5-7-16)33-21-13-22(26(30,31)32)35-19-9-3-14(27)12-17(19)21/h3,8-10,12-13,15-16,36H,2,4-7,11H2,1H3,(H,33,35)(H,34,37)/t15-,16+. The summed E-state index contributed by atoms with van der Waals surface area (Å²) in [7, 11) is -3.87. The molecule has 0 atom stereocenters. The number of aromatic nitrogens is 1. The van der Waals surface area contributed by atoms with Crippen molar-refractivity contribution in [3.8, 4) is 0 Å². The van der Waals surface area contributed by atoms with Crippen LogP contribution in [0.1, 0.15) is 55.1 Å². The Kier molecular flexibility index (Phi) is 8.74. The molecule has 3 aromatic rings. The lowest BCUT2D eigenvalue weighted by atomic mass is 9.90. The summed E-state index contributed by atoms with van der Waals surface area (Å²) in [6, 6.07) is 6.33. The minimum absolute atomic E-state index is 0.131. The Morgan fingerprint density at radius 2 is 1.70 bits per heavy atom. The van der Waals surface area contributed by atoms with Gasteiger partial charge in [-0.3, -0.25) is 9.52 Å². The third kappa shape index (κ3) is 6.92. The largest absolute Gasteiger partial charge is 0.433 e. The highest BCUT2D eigenvalue weighted by Gasteiger charge is 2.34. The Bertz CT molecular complexity index is 1530. The number of benzene rings is 2. The van der Waals surface area contributed by atoms with E-state index in [1.54, 1.807) is 6.92 Å². The number of anilines is 2. The zero-order valence-corrected chi connectivity index (χ0v) is 22.8. The molecular weight excluding hydrogens is 579 g/mol. The minimum atomic E-state index is -4.65. The van der Waals surface area contributed by atoms with Crippen LogP contribution in [0.5, 0.6) is 0 Å². The van der Waals surface area contributed by atoms with Crippen molar-refractivity contribution in [1.82, 2.24) is 10.3 Å². The first-order chi connectivity index (χ1) is 18.8. The molecule has 1 heterocycles. The van der Waals surface area contributed by atoms with Crippen LogP contribution >= 0.6 is 11.6 Å². The third-order valence-corrected chi connectivity index (χ3v) is 8.25. The van der Waals surface area contributed by atoms with Gasteiger partial charge in [0.2, 0.25) is 10.0 Å². The first kappa shape index (κ1) is 29.8. The lowest BCUT2D eigenvalue weighted by Gasteiger charge is -2.31. The van der Waals surface area contributed by atoms with E-state index >= 15 is 0 Å². The van der Waals surface area contributed by atoms with Gasteiger partial charge < -0.3 is 10.6 Å². The van der Waals surface area contributed by atoms with Gasteiger partial charge in [0.1, 0.15) is 17.1 Å². The van der Waals surface area contributed by atoms with Crippen molar-refractivity contribution in [3.05, 3.63) is 64.3 Å². The third-order valence-electron chi connectivity index (χ3n) is 6.54. The van der Waals surface area contributed by atoms with E-state index in [0.29, 0.717) is 36.1 Å². The summed E-state index contributed by atoms with van der Waals surface area (Å²) in [6.45, 7) is 1.62. The Labute approximate surface area is 232 Å². The molecule has 1 amide bonds. The maximum absolute atomic E-state index is 15.0. The number of carbonyl (C=O) groups is 1. The predicted octanol–water partition coefficient (Wildman–Crippen LogP) is 6.49. The highest BCUT2D eigenvalue weighted by molar-refractivity contribution is 7.92. The van der Waals surface area contributed by atoms with E-state index in [4.69, 9.17) is 11.6 Å².